The summed E-state index contributed by atoms with van der Waals surface area (Å²) in [6, 6.07) is 4.26. The number of aromatic amines is 1. The number of fused-ring (bicyclic) bond motifs is 2. The zero-order chi connectivity index (χ0) is 22.9. The van der Waals surface area contributed by atoms with Crippen LogP contribution in [-0.2, 0) is 9.47 Å². The van der Waals surface area contributed by atoms with Crippen LogP contribution in [0, 0.1) is 6.92 Å². The maximum atomic E-state index is 12.4. The van der Waals surface area contributed by atoms with Crippen molar-refractivity contribution in [3.63, 3.8) is 0 Å². The van der Waals surface area contributed by atoms with Crippen LogP contribution in [0.15, 0.2) is 12.1 Å². The van der Waals surface area contributed by atoms with Gasteiger partial charge >= 0.3 is 6.09 Å². The average Bonchev–Trinajstić information content (AvgIpc) is 3.18. The molecule has 3 atom stereocenters. The second-order valence-electron chi connectivity index (χ2n) is 9.08. The summed E-state index contributed by atoms with van der Waals surface area (Å²) in [5.41, 5.74) is 0.955. The lowest BCUT2D eigenvalue weighted by Crippen LogP contribution is -2.58. The summed E-state index contributed by atoms with van der Waals surface area (Å²) in [5, 5.41) is 10.4. The number of H-pyrrole nitrogens is 1. The summed E-state index contributed by atoms with van der Waals surface area (Å²) in [4.78, 5) is 25.9. The first-order valence-electron chi connectivity index (χ1n) is 11.5. The molecule has 0 aromatic carbocycles. The van der Waals surface area contributed by atoms with Crippen LogP contribution in [0.4, 0.5) is 22.4 Å². The van der Waals surface area contributed by atoms with Gasteiger partial charge < -0.3 is 29.3 Å². The highest BCUT2D eigenvalue weighted by Crippen LogP contribution is 2.37. The van der Waals surface area contributed by atoms with E-state index in [2.05, 4.69) is 20.4 Å². The van der Waals surface area contributed by atoms with Gasteiger partial charge in [0.1, 0.15) is 11.9 Å². The fourth-order valence-electron chi connectivity index (χ4n) is 5.00. The van der Waals surface area contributed by atoms with E-state index in [-0.39, 0.29) is 30.3 Å². The van der Waals surface area contributed by atoms with E-state index < -0.39 is 0 Å². The Kier molecular flexibility index (Phi) is 5.96. The van der Waals surface area contributed by atoms with Crippen LogP contribution >= 0.6 is 0 Å². The molecule has 2 N–H and O–H groups in total. The number of amides is 1. The topological polar surface area (TPSA) is 118 Å². The van der Waals surface area contributed by atoms with Gasteiger partial charge in [-0.05, 0) is 39.0 Å². The second-order valence-corrected chi connectivity index (χ2v) is 9.08. The summed E-state index contributed by atoms with van der Waals surface area (Å²) in [6.07, 6.45) is 4.62. The van der Waals surface area contributed by atoms with Gasteiger partial charge in [-0.25, -0.2) is 4.79 Å². The summed E-state index contributed by atoms with van der Waals surface area (Å²) in [6.45, 7) is 3.07. The third kappa shape index (κ3) is 4.54. The summed E-state index contributed by atoms with van der Waals surface area (Å²) in [7, 11) is 3.47. The lowest BCUT2D eigenvalue weighted by Gasteiger charge is -2.49. The van der Waals surface area contributed by atoms with Gasteiger partial charge in [-0.15, -0.1) is 0 Å². The van der Waals surface area contributed by atoms with Crippen LogP contribution in [-0.4, -0.2) is 82.8 Å². The van der Waals surface area contributed by atoms with E-state index in [1.54, 1.807) is 6.07 Å². The summed E-state index contributed by atoms with van der Waals surface area (Å²) in [5.74, 6) is 2.37. The summed E-state index contributed by atoms with van der Waals surface area (Å²) < 4.78 is 16.3. The first-order valence-corrected chi connectivity index (χ1v) is 11.5. The number of anilines is 3. The minimum absolute atomic E-state index is 0.00110. The molecule has 33 heavy (non-hydrogen) atoms. The number of piperidine rings is 2. The van der Waals surface area contributed by atoms with Gasteiger partial charge in [-0.1, -0.05) is 0 Å². The van der Waals surface area contributed by atoms with Crippen LogP contribution in [0.2, 0.25) is 0 Å². The highest BCUT2D eigenvalue weighted by molar-refractivity contribution is 5.68. The molecule has 3 aliphatic rings. The van der Waals surface area contributed by atoms with Crippen LogP contribution in [0.1, 0.15) is 37.8 Å². The molecule has 5 rings (SSSR count). The van der Waals surface area contributed by atoms with Crippen molar-refractivity contribution in [1.82, 2.24) is 25.1 Å². The lowest BCUT2D eigenvalue weighted by molar-refractivity contribution is -0.0813. The molecule has 3 aliphatic heterocycles. The van der Waals surface area contributed by atoms with Crippen molar-refractivity contribution in [2.24, 2.45) is 0 Å². The molecule has 11 nitrogen and oxygen atoms in total. The maximum Gasteiger partial charge on any atom is 0.409 e. The van der Waals surface area contributed by atoms with Crippen molar-refractivity contribution in [1.29, 1.82) is 0 Å². The van der Waals surface area contributed by atoms with Crippen molar-refractivity contribution in [2.45, 2.75) is 63.3 Å². The van der Waals surface area contributed by atoms with E-state index in [4.69, 9.17) is 24.2 Å². The first-order chi connectivity index (χ1) is 16.0. The van der Waals surface area contributed by atoms with Crippen LogP contribution in [0.3, 0.4) is 0 Å². The Hall–Kier alpha value is -3.08. The Morgan fingerprint density at radius 1 is 1.21 bits per heavy atom. The van der Waals surface area contributed by atoms with Gasteiger partial charge in [0.25, 0.3) is 0 Å². The van der Waals surface area contributed by atoms with Crippen LogP contribution in [0.5, 0.6) is 5.88 Å². The predicted molar refractivity (Wildman–Crippen MR) is 121 cm³/mol. The molecule has 3 saturated heterocycles. The Labute approximate surface area is 192 Å². The zero-order valence-corrected chi connectivity index (χ0v) is 19.3. The SMILES string of the molecule is COC(=O)N1[C@@H]2CCC[C@H]1C[C@H](N(C)c1nc(Nc3cc(C)[nH]n3)cc(OC3COC3)n1)C2. The monoisotopic (exact) mass is 457 g/mol. The number of carbonyl (C=O) groups excluding carboxylic acids is 1. The first kappa shape index (κ1) is 21.7. The van der Waals surface area contributed by atoms with Crippen molar-refractivity contribution >= 4 is 23.7 Å². The summed E-state index contributed by atoms with van der Waals surface area (Å²) >= 11 is 0. The van der Waals surface area contributed by atoms with Gasteiger partial charge in [0.05, 0.1) is 20.3 Å². The van der Waals surface area contributed by atoms with Crippen molar-refractivity contribution < 1.29 is 19.0 Å². The molecular weight excluding hydrogens is 426 g/mol. The predicted octanol–water partition coefficient (Wildman–Crippen LogP) is 2.62. The molecule has 1 amide bonds. The molecule has 3 fully saturated rings. The Morgan fingerprint density at radius 2 is 1.97 bits per heavy atom. The minimum atomic E-state index is -0.221. The maximum absolute atomic E-state index is 12.4. The van der Waals surface area contributed by atoms with Gasteiger partial charge in [0.2, 0.25) is 11.8 Å². The molecule has 2 aromatic heterocycles. The number of rotatable bonds is 6. The van der Waals surface area contributed by atoms with Crippen LogP contribution < -0.4 is 15.0 Å². The van der Waals surface area contributed by atoms with Crippen molar-refractivity contribution in [2.75, 3.05) is 37.6 Å². The number of nitrogens with zero attached hydrogens (tertiary/aromatic N) is 5. The molecular formula is C22H31N7O4. The highest BCUT2D eigenvalue weighted by atomic mass is 16.6. The number of aromatic nitrogens is 4. The fraction of sp³-hybridized carbons (Fsp3) is 0.636. The zero-order valence-electron chi connectivity index (χ0n) is 19.3. The highest BCUT2D eigenvalue weighted by Gasteiger charge is 2.43. The standard InChI is InChI=1S/C22H31N7O4/c1-13-7-19(27-26-13)23-18-10-20(33-17-11-32-12-17)25-21(24-18)28(2)16-8-14-5-4-6-15(9-16)29(14)22(30)31-3/h7,10,14-17H,4-6,8-9,11-12H2,1-3H3,(H2,23,24,25,26,27)/t14-,15+,16-. The number of nitrogens with one attached hydrogen (secondary N) is 2. The normalized spacial score (nSPS) is 24.7. The molecule has 0 unspecified atom stereocenters. The molecule has 2 bridgehead atoms. The molecule has 11 heteroatoms. The number of hydrogen-bond acceptors (Lipinski definition) is 9. The van der Waals surface area contributed by atoms with Gasteiger partial charge in [-0.3, -0.25) is 5.10 Å². The molecule has 2 aromatic rings. The van der Waals surface area contributed by atoms with E-state index in [1.807, 2.05) is 24.9 Å². The number of ether oxygens (including phenoxy) is 3. The fourth-order valence-corrected chi connectivity index (χ4v) is 5.00. The third-order valence-electron chi connectivity index (χ3n) is 6.75. The molecule has 0 aliphatic carbocycles. The molecule has 0 spiro atoms. The van der Waals surface area contributed by atoms with Gasteiger partial charge in [0, 0.05) is 43.0 Å². The minimum Gasteiger partial charge on any atom is -0.469 e. The third-order valence-corrected chi connectivity index (χ3v) is 6.75. The smallest absolute Gasteiger partial charge is 0.409 e. The largest absolute Gasteiger partial charge is 0.469 e. The average molecular weight is 458 g/mol. The van der Waals surface area contributed by atoms with Gasteiger partial charge in [0.15, 0.2) is 5.82 Å². The lowest BCUT2D eigenvalue weighted by atomic mass is 9.81. The molecule has 0 saturated carbocycles. The number of aryl methyl sites for hydroxylation is 1. The Morgan fingerprint density at radius 3 is 2.58 bits per heavy atom. The number of hydrogen-bond donors (Lipinski definition) is 2. The number of methoxy groups -OCH3 is 1. The Balaban J connectivity index is 1.38. The van der Waals surface area contributed by atoms with E-state index in [0.29, 0.717) is 36.7 Å². The van der Waals surface area contributed by atoms with E-state index in [0.717, 1.165) is 37.8 Å². The van der Waals surface area contributed by atoms with Gasteiger partial charge in [-0.2, -0.15) is 15.1 Å². The van der Waals surface area contributed by atoms with Crippen LogP contribution in [0.25, 0.3) is 0 Å². The molecule has 178 valence electrons. The van der Waals surface area contributed by atoms with Crippen molar-refractivity contribution in [3.8, 4) is 5.88 Å². The number of carbonyl (C=O) groups is 1. The van der Waals surface area contributed by atoms with Crippen molar-refractivity contribution in [3.05, 3.63) is 17.8 Å². The quantitative estimate of drug-likeness (QED) is 0.675. The second kappa shape index (κ2) is 9.05. The van der Waals surface area contributed by atoms with E-state index in [9.17, 15) is 4.79 Å². The van der Waals surface area contributed by atoms with E-state index >= 15 is 0 Å². The molecule has 5 heterocycles. The molecule has 0 radical (unpaired) electrons. The Bertz CT molecular complexity index is 981. The van der Waals surface area contributed by atoms with E-state index in [1.165, 1.54) is 7.11 Å².